The Hall–Kier alpha value is -5.12. The summed E-state index contributed by atoms with van der Waals surface area (Å²) < 4.78 is 14.7. The standard InChI is InChI=1S/C38H40N6O7S/c45-23-25-9-11-27(12-10-25)34-21-32(24-52-38-40-42-43-44(38)30-17-19-31(46)20-18-30)50-37(51-34)28-15-13-26(14-16-28)33-6-2-1-5-29(33)22-39-35(47)7-3-4-8-36(48)41-49/h1-2,5-6,9-20,32,34,37,45-46,49H,3-4,7-8,21-24H2,(H,39,47)(H,41,48). The number of phenols is 1. The van der Waals surface area contributed by atoms with Gasteiger partial charge in [-0.1, -0.05) is 84.6 Å². The zero-order chi connectivity index (χ0) is 36.3. The van der Waals surface area contributed by atoms with Crippen LogP contribution < -0.4 is 10.8 Å². The molecule has 0 bridgehead atoms. The number of thioether (sulfide) groups is 1. The Morgan fingerprint density at radius 1 is 0.865 bits per heavy atom. The SMILES string of the molecule is O=C(CCCCC(=O)NCc1ccccc1-c1ccc(C2OC(CSc3nnnn3-c3ccc(O)cc3)CC(c3ccc(CO)cc3)O2)cc1)NO. The molecule has 0 radical (unpaired) electrons. The molecule has 3 unspecified atom stereocenters. The molecule has 270 valence electrons. The minimum Gasteiger partial charge on any atom is -0.508 e. The fourth-order valence-electron chi connectivity index (χ4n) is 5.90. The summed E-state index contributed by atoms with van der Waals surface area (Å²) in [5.74, 6) is 0.144. The lowest BCUT2D eigenvalue weighted by Gasteiger charge is -2.36. The van der Waals surface area contributed by atoms with Gasteiger partial charge in [-0.15, -0.1) is 5.10 Å². The second kappa shape index (κ2) is 17.9. The van der Waals surface area contributed by atoms with E-state index in [0.29, 0.717) is 43.1 Å². The molecule has 1 aliphatic heterocycles. The molecule has 1 aromatic heterocycles. The number of rotatable bonds is 15. The summed E-state index contributed by atoms with van der Waals surface area (Å²) >= 11 is 1.47. The second-order valence-corrected chi connectivity index (χ2v) is 13.3. The molecular weight excluding hydrogens is 685 g/mol. The highest BCUT2D eigenvalue weighted by molar-refractivity contribution is 7.99. The van der Waals surface area contributed by atoms with Crippen LogP contribution in [0.4, 0.5) is 0 Å². The minimum atomic E-state index is -0.651. The highest BCUT2D eigenvalue weighted by Gasteiger charge is 2.33. The van der Waals surface area contributed by atoms with Crippen LogP contribution >= 0.6 is 11.8 Å². The predicted octanol–water partition coefficient (Wildman–Crippen LogP) is 5.55. The van der Waals surface area contributed by atoms with Crippen molar-refractivity contribution >= 4 is 23.6 Å². The first-order valence-corrected chi connectivity index (χ1v) is 18.0. The zero-order valence-corrected chi connectivity index (χ0v) is 29.1. The summed E-state index contributed by atoms with van der Waals surface area (Å²) in [4.78, 5) is 23.7. The number of phenolic OH excluding ortho intramolecular Hbond substituents is 1. The largest absolute Gasteiger partial charge is 0.508 e. The zero-order valence-electron chi connectivity index (χ0n) is 28.3. The Labute approximate surface area is 304 Å². The maximum Gasteiger partial charge on any atom is 0.243 e. The monoisotopic (exact) mass is 724 g/mol. The van der Waals surface area contributed by atoms with Crippen LogP contribution in [-0.2, 0) is 32.2 Å². The number of nitrogens with zero attached hydrogens (tertiary/aromatic N) is 4. The topological polar surface area (TPSA) is 181 Å². The quantitative estimate of drug-likeness (QED) is 0.0396. The van der Waals surface area contributed by atoms with Gasteiger partial charge in [0.1, 0.15) is 5.75 Å². The van der Waals surface area contributed by atoms with Crippen LogP contribution in [0.2, 0.25) is 0 Å². The molecule has 14 heteroatoms. The molecule has 52 heavy (non-hydrogen) atoms. The first kappa shape index (κ1) is 36.7. The lowest BCUT2D eigenvalue weighted by atomic mass is 9.97. The smallest absolute Gasteiger partial charge is 0.243 e. The average Bonchev–Trinajstić information content (AvgIpc) is 3.67. The van der Waals surface area contributed by atoms with Gasteiger partial charge in [0.15, 0.2) is 6.29 Å². The van der Waals surface area contributed by atoms with Crippen molar-refractivity contribution < 1.29 is 34.5 Å². The molecule has 2 heterocycles. The minimum absolute atomic E-state index is 0.0399. The van der Waals surface area contributed by atoms with Gasteiger partial charge in [0.05, 0.1) is 24.5 Å². The van der Waals surface area contributed by atoms with E-state index in [2.05, 4.69) is 20.8 Å². The molecule has 1 saturated heterocycles. The Kier molecular flexibility index (Phi) is 12.6. The number of carbonyl (C=O) groups excluding carboxylic acids is 2. The highest BCUT2D eigenvalue weighted by atomic mass is 32.2. The van der Waals surface area contributed by atoms with Crippen LogP contribution in [-0.4, -0.2) is 59.3 Å². The van der Waals surface area contributed by atoms with Crippen molar-refractivity contribution in [1.29, 1.82) is 0 Å². The molecule has 0 spiro atoms. The van der Waals surface area contributed by atoms with Crippen molar-refractivity contribution in [1.82, 2.24) is 31.0 Å². The van der Waals surface area contributed by atoms with Crippen molar-refractivity contribution in [3.63, 3.8) is 0 Å². The molecule has 2 amide bonds. The number of benzene rings is 4. The molecule has 5 aromatic rings. The number of aromatic hydroxyl groups is 1. The molecule has 1 aliphatic rings. The summed E-state index contributed by atoms with van der Waals surface area (Å²) in [7, 11) is 0. The van der Waals surface area contributed by atoms with E-state index in [1.165, 1.54) is 11.8 Å². The van der Waals surface area contributed by atoms with Gasteiger partial charge in [-0.2, -0.15) is 4.68 Å². The summed E-state index contributed by atoms with van der Waals surface area (Å²) in [6.07, 6.45) is 0.975. The van der Waals surface area contributed by atoms with E-state index < -0.39 is 12.2 Å². The first-order valence-electron chi connectivity index (χ1n) is 17.0. The van der Waals surface area contributed by atoms with Gasteiger partial charge in [-0.3, -0.25) is 14.8 Å². The lowest BCUT2D eigenvalue weighted by molar-refractivity contribution is -0.245. The summed E-state index contributed by atoms with van der Waals surface area (Å²) in [6.45, 7) is 0.316. The number of aliphatic hydroxyl groups excluding tert-OH is 1. The Balaban J connectivity index is 1.14. The third kappa shape index (κ3) is 9.60. The molecule has 0 aliphatic carbocycles. The van der Waals surface area contributed by atoms with Gasteiger partial charge in [-0.25, -0.2) is 5.48 Å². The van der Waals surface area contributed by atoms with Crippen molar-refractivity contribution in [2.45, 2.75) is 68.9 Å². The first-order chi connectivity index (χ1) is 25.4. The summed E-state index contributed by atoms with van der Waals surface area (Å²) in [5, 5.41) is 43.7. The molecule has 0 saturated carbocycles. The Morgan fingerprint density at radius 3 is 2.31 bits per heavy atom. The lowest BCUT2D eigenvalue weighted by Crippen LogP contribution is -2.31. The number of hydrogen-bond donors (Lipinski definition) is 5. The van der Waals surface area contributed by atoms with Gasteiger partial charge in [0, 0.05) is 37.1 Å². The molecule has 6 rings (SSSR count). The number of hydroxylamine groups is 1. The molecule has 3 atom stereocenters. The summed E-state index contributed by atoms with van der Waals surface area (Å²) in [5.41, 5.74) is 7.91. The number of nitrogens with one attached hydrogen (secondary N) is 2. The Morgan fingerprint density at radius 2 is 1.58 bits per heavy atom. The number of amides is 2. The fourth-order valence-corrected chi connectivity index (χ4v) is 6.81. The maximum absolute atomic E-state index is 12.5. The number of carbonyl (C=O) groups is 2. The number of hydrogen-bond acceptors (Lipinski definition) is 11. The van der Waals surface area contributed by atoms with Crippen molar-refractivity contribution in [3.8, 4) is 22.6 Å². The number of aromatic nitrogens is 4. The van der Waals surface area contributed by atoms with E-state index >= 15 is 0 Å². The molecule has 13 nitrogen and oxygen atoms in total. The third-order valence-corrected chi connectivity index (χ3v) is 9.77. The van der Waals surface area contributed by atoms with Gasteiger partial charge < -0.3 is 25.0 Å². The number of aliphatic hydroxyl groups is 1. The maximum atomic E-state index is 12.5. The molecule has 1 fully saturated rings. The second-order valence-electron chi connectivity index (χ2n) is 12.3. The number of unbranched alkanes of at least 4 members (excludes halogenated alkanes) is 1. The van der Waals surface area contributed by atoms with E-state index in [9.17, 15) is 19.8 Å². The molecular formula is C38H40N6O7S. The van der Waals surface area contributed by atoms with E-state index in [1.54, 1.807) is 34.4 Å². The van der Waals surface area contributed by atoms with Crippen molar-refractivity contribution in [3.05, 3.63) is 119 Å². The number of ether oxygens (including phenoxy) is 2. The molecule has 5 N–H and O–H groups in total. The van der Waals surface area contributed by atoms with Gasteiger partial charge >= 0.3 is 0 Å². The normalized spacial score (nSPS) is 17.1. The van der Waals surface area contributed by atoms with E-state index in [1.807, 2.05) is 72.8 Å². The van der Waals surface area contributed by atoms with Crippen LogP contribution in [0, 0.1) is 0 Å². The van der Waals surface area contributed by atoms with Gasteiger partial charge in [0.2, 0.25) is 17.0 Å². The fraction of sp³-hybridized carbons (Fsp3) is 0.289. The van der Waals surface area contributed by atoms with Crippen LogP contribution in [0.1, 0.15) is 66.8 Å². The number of tetrazole rings is 1. The molecule has 4 aromatic carbocycles. The van der Waals surface area contributed by atoms with Gasteiger partial charge in [0.25, 0.3) is 0 Å². The van der Waals surface area contributed by atoms with Crippen molar-refractivity contribution in [2.75, 3.05) is 5.75 Å². The van der Waals surface area contributed by atoms with E-state index in [0.717, 1.165) is 39.1 Å². The van der Waals surface area contributed by atoms with Crippen LogP contribution in [0.5, 0.6) is 5.75 Å². The third-order valence-electron chi connectivity index (χ3n) is 8.72. The summed E-state index contributed by atoms with van der Waals surface area (Å²) in [6, 6.07) is 30.3. The van der Waals surface area contributed by atoms with Crippen molar-refractivity contribution in [2.24, 2.45) is 0 Å². The average molecular weight is 725 g/mol. The van der Waals surface area contributed by atoms with Crippen LogP contribution in [0.25, 0.3) is 16.8 Å². The Bertz CT molecular complexity index is 1920. The van der Waals surface area contributed by atoms with E-state index in [4.69, 9.17) is 14.7 Å². The van der Waals surface area contributed by atoms with Crippen LogP contribution in [0.3, 0.4) is 0 Å². The van der Waals surface area contributed by atoms with Gasteiger partial charge in [-0.05, 0) is 75.4 Å². The highest BCUT2D eigenvalue weighted by Crippen LogP contribution is 2.40. The van der Waals surface area contributed by atoms with E-state index in [-0.39, 0.29) is 36.9 Å². The predicted molar refractivity (Wildman–Crippen MR) is 192 cm³/mol. The van der Waals surface area contributed by atoms with Crippen LogP contribution in [0.15, 0.2) is 102 Å².